The zero-order valence-corrected chi connectivity index (χ0v) is 17.6. The fourth-order valence-electron chi connectivity index (χ4n) is 3.42. The van der Waals surface area contributed by atoms with Gasteiger partial charge in [0.05, 0.1) is 6.10 Å². The van der Waals surface area contributed by atoms with Crippen LogP contribution in [-0.2, 0) is 11.3 Å². The molecule has 1 aliphatic heterocycles. The summed E-state index contributed by atoms with van der Waals surface area (Å²) < 4.78 is 5.82. The maximum Gasteiger partial charge on any atom is 0.191 e. The van der Waals surface area contributed by atoms with Crippen molar-refractivity contribution in [1.29, 1.82) is 0 Å². The second-order valence-electron chi connectivity index (χ2n) is 7.35. The van der Waals surface area contributed by atoms with Crippen molar-refractivity contribution in [2.24, 2.45) is 10.9 Å². The number of hydrogen-bond donors (Lipinski definition) is 2. The summed E-state index contributed by atoms with van der Waals surface area (Å²) in [7, 11) is 1.85. The van der Waals surface area contributed by atoms with Crippen LogP contribution in [0, 0.1) is 5.92 Å². The molecule has 1 unspecified atom stereocenters. The molecule has 1 aromatic heterocycles. The van der Waals surface area contributed by atoms with E-state index in [0.717, 1.165) is 45.2 Å². The highest BCUT2D eigenvalue weighted by Crippen LogP contribution is 2.15. The summed E-state index contributed by atoms with van der Waals surface area (Å²) in [5, 5.41) is 11.5. The molecule has 2 heterocycles. The van der Waals surface area contributed by atoms with Gasteiger partial charge in [-0.05, 0) is 54.5 Å². The number of thiophene rings is 1. The number of rotatable bonds is 9. The quantitative estimate of drug-likeness (QED) is 0.510. The molecule has 0 radical (unpaired) electrons. The first-order valence-electron chi connectivity index (χ1n) is 9.94. The summed E-state index contributed by atoms with van der Waals surface area (Å²) in [6.45, 7) is 11.5. The summed E-state index contributed by atoms with van der Waals surface area (Å²) >= 11 is 1.78. The Morgan fingerprint density at radius 2 is 2.15 bits per heavy atom. The number of hydrogen-bond acceptors (Lipinski definition) is 4. The lowest BCUT2D eigenvalue weighted by Crippen LogP contribution is -2.49. The minimum atomic E-state index is 0.311. The fourth-order valence-corrected chi connectivity index (χ4v) is 4.08. The molecule has 2 N–H and O–H groups in total. The molecule has 0 saturated carbocycles. The van der Waals surface area contributed by atoms with Crippen molar-refractivity contribution in [2.45, 2.75) is 58.7 Å². The largest absolute Gasteiger partial charge is 0.378 e. The van der Waals surface area contributed by atoms with Crippen molar-refractivity contribution in [2.75, 3.05) is 33.3 Å². The highest BCUT2D eigenvalue weighted by molar-refractivity contribution is 7.07. The zero-order chi connectivity index (χ0) is 18.8. The highest BCUT2D eigenvalue weighted by Gasteiger charge is 2.20. The Bertz CT molecular complexity index is 510. The lowest BCUT2D eigenvalue weighted by atomic mass is 10.0. The number of guanidine groups is 1. The van der Waals surface area contributed by atoms with E-state index >= 15 is 0 Å². The van der Waals surface area contributed by atoms with Crippen LogP contribution < -0.4 is 10.6 Å². The van der Waals surface area contributed by atoms with Crippen molar-refractivity contribution >= 4 is 17.3 Å². The topological polar surface area (TPSA) is 48.9 Å². The van der Waals surface area contributed by atoms with Crippen molar-refractivity contribution < 1.29 is 4.74 Å². The lowest BCUT2D eigenvalue weighted by molar-refractivity contribution is 0.0258. The first-order valence-corrected chi connectivity index (χ1v) is 10.9. The number of ether oxygens (including phenoxy) is 1. The van der Waals surface area contributed by atoms with Gasteiger partial charge in [0.15, 0.2) is 5.96 Å². The number of piperidine rings is 1. The Labute approximate surface area is 163 Å². The number of nitrogens with zero attached hydrogens (tertiary/aromatic N) is 2. The van der Waals surface area contributed by atoms with Crippen molar-refractivity contribution in [3.63, 3.8) is 0 Å². The maximum absolute atomic E-state index is 5.82. The van der Waals surface area contributed by atoms with E-state index < -0.39 is 0 Å². The third-order valence-corrected chi connectivity index (χ3v) is 5.72. The molecule has 1 fully saturated rings. The van der Waals surface area contributed by atoms with Crippen LogP contribution in [0.2, 0.25) is 0 Å². The van der Waals surface area contributed by atoms with E-state index in [1.54, 1.807) is 11.3 Å². The first kappa shape index (κ1) is 21.2. The molecule has 0 bridgehead atoms. The smallest absolute Gasteiger partial charge is 0.191 e. The molecule has 1 aromatic rings. The first-order chi connectivity index (χ1) is 12.6. The summed E-state index contributed by atoms with van der Waals surface area (Å²) in [6, 6.07) is 2.74. The summed E-state index contributed by atoms with van der Waals surface area (Å²) in [5.74, 6) is 1.46. The lowest BCUT2D eigenvalue weighted by Gasteiger charge is -2.33. The van der Waals surface area contributed by atoms with Gasteiger partial charge in [0.1, 0.15) is 0 Å². The molecule has 1 atom stereocenters. The normalized spacial score (nSPS) is 18.3. The molecule has 0 amide bonds. The molecule has 0 aromatic carbocycles. The molecule has 1 aliphatic rings. The second kappa shape index (κ2) is 11.6. The van der Waals surface area contributed by atoms with E-state index in [4.69, 9.17) is 4.74 Å². The van der Waals surface area contributed by atoms with Gasteiger partial charge in [0, 0.05) is 45.9 Å². The Morgan fingerprint density at radius 3 is 2.73 bits per heavy atom. The Kier molecular flexibility index (Phi) is 9.43. The summed E-state index contributed by atoms with van der Waals surface area (Å²) in [4.78, 5) is 6.94. The monoisotopic (exact) mass is 380 g/mol. The van der Waals surface area contributed by atoms with Crippen molar-refractivity contribution in [1.82, 2.24) is 15.5 Å². The highest BCUT2D eigenvalue weighted by atomic mass is 32.1. The van der Waals surface area contributed by atoms with Crippen LogP contribution in [-0.4, -0.2) is 56.3 Å². The fraction of sp³-hybridized carbons (Fsp3) is 0.750. The van der Waals surface area contributed by atoms with Gasteiger partial charge in [-0.15, -0.1) is 0 Å². The molecular weight excluding hydrogens is 344 g/mol. The third kappa shape index (κ3) is 7.25. The van der Waals surface area contributed by atoms with E-state index in [-0.39, 0.29) is 0 Å². The predicted octanol–water partition coefficient (Wildman–Crippen LogP) is 3.33. The van der Waals surface area contributed by atoms with Crippen LogP contribution >= 0.6 is 11.3 Å². The van der Waals surface area contributed by atoms with Gasteiger partial charge in [0.25, 0.3) is 0 Å². The van der Waals surface area contributed by atoms with Crippen LogP contribution in [0.25, 0.3) is 0 Å². The molecule has 1 saturated heterocycles. The van der Waals surface area contributed by atoms with Gasteiger partial charge in [0.2, 0.25) is 0 Å². The molecule has 5 nitrogen and oxygen atoms in total. The molecule has 6 heteroatoms. The maximum atomic E-state index is 5.82. The van der Waals surface area contributed by atoms with Gasteiger partial charge in [-0.1, -0.05) is 13.8 Å². The van der Waals surface area contributed by atoms with E-state index in [9.17, 15) is 0 Å². The van der Waals surface area contributed by atoms with Crippen molar-refractivity contribution in [3.8, 4) is 0 Å². The van der Waals surface area contributed by atoms with Gasteiger partial charge < -0.3 is 15.4 Å². The van der Waals surface area contributed by atoms with Crippen LogP contribution in [0.15, 0.2) is 21.8 Å². The van der Waals surface area contributed by atoms with E-state index in [1.165, 1.54) is 18.4 Å². The molecule has 148 valence electrons. The minimum absolute atomic E-state index is 0.311. The average molecular weight is 381 g/mol. The Morgan fingerprint density at radius 1 is 1.38 bits per heavy atom. The molecule has 2 rings (SSSR count). The standard InChI is InChI=1S/C20H36N4OS/c1-5-25-19(16(2)3)6-10-22-20(21-4)23-18-7-11-24(12-8-18)14-17-9-13-26-15-17/h9,13,15-16,18-19H,5-8,10-12,14H2,1-4H3,(H2,21,22,23). The SMILES string of the molecule is CCOC(CCNC(=NC)NC1CCN(Cc2ccsc2)CC1)C(C)C. The minimum Gasteiger partial charge on any atom is -0.378 e. The van der Waals surface area contributed by atoms with Gasteiger partial charge in [-0.25, -0.2) is 0 Å². The van der Waals surface area contributed by atoms with E-state index in [1.807, 2.05) is 7.05 Å². The predicted molar refractivity (Wildman–Crippen MR) is 112 cm³/mol. The molecule has 0 spiro atoms. The summed E-state index contributed by atoms with van der Waals surface area (Å²) in [5.41, 5.74) is 1.44. The zero-order valence-electron chi connectivity index (χ0n) is 16.8. The Balaban J connectivity index is 1.67. The number of aliphatic imine (C=N–C) groups is 1. The van der Waals surface area contributed by atoms with Crippen LogP contribution in [0.4, 0.5) is 0 Å². The van der Waals surface area contributed by atoms with Crippen LogP contribution in [0.1, 0.15) is 45.6 Å². The summed E-state index contributed by atoms with van der Waals surface area (Å²) in [6.07, 6.45) is 3.65. The van der Waals surface area contributed by atoms with Crippen molar-refractivity contribution in [3.05, 3.63) is 22.4 Å². The number of nitrogens with one attached hydrogen (secondary N) is 2. The number of likely N-dealkylation sites (tertiary alicyclic amines) is 1. The van der Waals surface area contributed by atoms with E-state index in [2.05, 4.69) is 58.1 Å². The van der Waals surface area contributed by atoms with Crippen LogP contribution in [0.3, 0.4) is 0 Å². The van der Waals surface area contributed by atoms with Gasteiger partial charge in [-0.2, -0.15) is 11.3 Å². The third-order valence-electron chi connectivity index (χ3n) is 4.98. The molecule has 26 heavy (non-hydrogen) atoms. The average Bonchev–Trinajstić information content (AvgIpc) is 3.14. The Hall–Kier alpha value is -1.11. The molecule has 0 aliphatic carbocycles. The second-order valence-corrected chi connectivity index (χ2v) is 8.13. The molecular formula is C20H36N4OS. The van der Waals surface area contributed by atoms with Gasteiger partial charge in [-0.3, -0.25) is 9.89 Å². The van der Waals surface area contributed by atoms with Gasteiger partial charge >= 0.3 is 0 Å². The van der Waals surface area contributed by atoms with Crippen LogP contribution in [0.5, 0.6) is 0 Å². The van der Waals surface area contributed by atoms with E-state index in [0.29, 0.717) is 18.1 Å².